The number of nitrogens with one attached hydrogen (secondary N) is 5. The maximum absolute atomic E-state index is 17.2. The van der Waals surface area contributed by atoms with E-state index in [1.165, 1.54) is 31.2 Å². The van der Waals surface area contributed by atoms with Crippen molar-refractivity contribution in [3.63, 3.8) is 0 Å². The number of benzene rings is 1. The number of halogens is 1. The zero-order chi connectivity index (χ0) is 77.2. The van der Waals surface area contributed by atoms with Crippen LogP contribution in [0.1, 0.15) is 168 Å². The monoisotopic (exact) mass is 1470 g/mol. The predicted molar refractivity (Wildman–Crippen MR) is 365 cm³/mol. The molecule has 6 atom stereocenters. The zero-order valence-electron chi connectivity index (χ0n) is 59.3. The van der Waals surface area contributed by atoms with E-state index in [4.69, 9.17) is 5.11 Å². The van der Waals surface area contributed by atoms with Crippen molar-refractivity contribution in [1.29, 1.82) is 0 Å². The molecule has 1 saturated heterocycles. The number of rotatable bonds is 46. The molecular formula is C67H104FN9O24Si. The normalized spacial score (nSPS) is 15.8. The van der Waals surface area contributed by atoms with Gasteiger partial charge in [0.25, 0.3) is 14.3 Å². The number of hydrogen-bond donors (Lipinski definition) is 13. The molecule has 2 rings (SSSR count). The molecule has 33 nitrogen and oxygen atoms in total. The molecule has 1 heterocycles. The van der Waals surface area contributed by atoms with Crippen LogP contribution in [-0.4, -0.2) is 273 Å². The van der Waals surface area contributed by atoms with Crippen molar-refractivity contribution in [3.8, 4) is 0 Å². The van der Waals surface area contributed by atoms with Gasteiger partial charge in [0.2, 0.25) is 23.6 Å². The maximum atomic E-state index is 17.2. The van der Waals surface area contributed by atoms with Crippen LogP contribution in [0.25, 0.3) is 0 Å². The number of Topliss-reactive ketones (excluding diaryl/α,β-unsaturated/α-hetero) is 3. The lowest BCUT2D eigenvalue weighted by Gasteiger charge is -2.44. The highest BCUT2D eigenvalue weighted by atomic mass is 28.4. The molecule has 5 amide bonds. The second-order valence-electron chi connectivity index (χ2n) is 27.8. The molecule has 0 bridgehead atoms. The van der Waals surface area contributed by atoms with E-state index in [2.05, 4.69) is 26.6 Å². The van der Waals surface area contributed by atoms with E-state index in [0.29, 0.717) is 5.19 Å². The Kier molecular flexibility index (Phi) is 38.5. The third-order valence-electron chi connectivity index (χ3n) is 17.6. The van der Waals surface area contributed by atoms with E-state index < -0.39 is 189 Å². The fraction of sp³-hybridized carbons (Fsp3) is 0.672. The summed E-state index contributed by atoms with van der Waals surface area (Å²) in [5.74, 6) is -18.7. The molecule has 1 fully saturated rings. The molecule has 0 aromatic heterocycles. The van der Waals surface area contributed by atoms with Gasteiger partial charge in [-0.1, -0.05) is 60.1 Å². The number of carboxylic acid groups (broad SMARTS) is 8. The molecule has 3 unspecified atom stereocenters. The summed E-state index contributed by atoms with van der Waals surface area (Å²) in [7, 11) is -3.79. The number of aliphatic carboxylic acids is 8. The second-order valence-corrected chi connectivity index (χ2v) is 32.6. The zero-order valence-corrected chi connectivity index (χ0v) is 60.3. The molecule has 0 radical (unpaired) electrons. The molecule has 35 heteroatoms. The van der Waals surface area contributed by atoms with Gasteiger partial charge in [-0.2, -0.15) is 0 Å². The van der Waals surface area contributed by atoms with E-state index in [1.54, 1.807) is 61.1 Å². The first-order valence-electron chi connectivity index (χ1n) is 34.0. The number of carbonyl (C=O) groups excluding carboxylic acids is 8. The molecule has 0 saturated carbocycles. The minimum atomic E-state index is -3.79. The van der Waals surface area contributed by atoms with Crippen molar-refractivity contribution >= 4 is 108 Å². The third kappa shape index (κ3) is 33.4. The molecule has 1 aliphatic rings. The molecule has 0 aliphatic carbocycles. The van der Waals surface area contributed by atoms with Gasteiger partial charge in [0, 0.05) is 122 Å². The van der Waals surface area contributed by atoms with Gasteiger partial charge in [-0.3, -0.25) is 86.7 Å². The fourth-order valence-corrected chi connectivity index (χ4v) is 16.8. The number of amides is 5. The molecular weight excluding hydrogens is 1360 g/mol. The van der Waals surface area contributed by atoms with Crippen molar-refractivity contribution in [2.75, 3.05) is 85.1 Å². The van der Waals surface area contributed by atoms with Gasteiger partial charge in [0.15, 0.2) is 0 Å². The molecule has 1 aromatic rings. The number of nitrogens with zero attached hydrogens (tertiary/aromatic N) is 4. The van der Waals surface area contributed by atoms with E-state index in [-0.39, 0.29) is 160 Å². The van der Waals surface area contributed by atoms with Crippen molar-refractivity contribution in [3.05, 3.63) is 29.8 Å². The number of ketones is 3. The summed E-state index contributed by atoms with van der Waals surface area (Å²) in [5.41, 5.74) is -0.000421. The molecule has 1 aromatic carbocycles. The van der Waals surface area contributed by atoms with Crippen LogP contribution in [0.3, 0.4) is 0 Å². The maximum Gasteiger partial charge on any atom is 0.326 e. The Hall–Kier alpha value is -8.67. The highest BCUT2D eigenvalue weighted by Crippen LogP contribution is 2.51. The average Bonchev–Trinajstić information content (AvgIpc) is 0.748. The van der Waals surface area contributed by atoms with Crippen LogP contribution in [0.4, 0.5) is 4.11 Å². The summed E-state index contributed by atoms with van der Waals surface area (Å²) in [5, 5.41) is 88.0. The average molecular weight is 1470 g/mol. The Morgan fingerprint density at radius 3 is 1.33 bits per heavy atom. The molecule has 0 spiro atoms. The van der Waals surface area contributed by atoms with E-state index in [0.717, 1.165) is 0 Å². The lowest BCUT2D eigenvalue weighted by atomic mass is 9.90. The molecule has 1 aliphatic heterocycles. The Morgan fingerprint density at radius 2 is 0.892 bits per heavy atom. The fourth-order valence-electron chi connectivity index (χ4n) is 12.2. The lowest BCUT2D eigenvalue weighted by Crippen LogP contribution is -2.58. The van der Waals surface area contributed by atoms with Crippen LogP contribution in [-0.2, 0) is 71.9 Å². The first-order valence-corrected chi connectivity index (χ1v) is 35.9. The highest BCUT2D eigenvalue weighted by Gasteiger charge is 2.56. The number of carbonyl (C=O) groups is 16. The largest absolute Gasteiger partial charge is 0.481 e. The van der Waals surface area contributed by atoms with Crippen LogP contribution in [0.5, 0.6) is 0 Å². The van der Waals surface area contributed by atoms with Crippen molar-refractivity contribution in [2.45, 2.75) is 192 Å². The minimum absolute atomic E-state index is 0.000421. The number of carboxylic acids is 8. The van der Waals surface area contributed by atoms with Crippen molar-refractivity contribution in [1.82, 2.24) is 46.2 Å². The Labute approximate surface area is 592 Å². The van der Waals surface area contributed by atoms with Gasteiger partial charge in [-0.25, -0.2) is 9.59 Å². The third-order valence-corrected chi connectivity index (χ3v) is 22.9. The molecule has 572 valence electrons. The minimum Gasteiger partial charge on any atom is -0.481 e. The smallest absolute Gasteiger partial charge is 0.326 e. The van der Waals surface area contributed by atoms with E-state index in [1.807, 2.05) is 0 Å². The summed E-state index contributed by atoms with van der Waals surface area (Å²) < 4.78 is 17.2. The van der Waals surface area contributed by atoms with Gasteiger partial charge < -0.3 is 71.5 Å². The summed E-state index contributed by atoms with van der Waals surface area (Å²) in [4.78, 5) is 206. The summed E-state index contributed by atoms with van der Waals surface area (Å²) in [6.45, 7) is 11.1. The van der Waals surface area contributed by atoms with Crippen LogP contribution >= 0.6 is 0 Å². The highest BCUT2D eigenvalue weighted by molar-refractivity contribution is 6.90. The van der Waals surface area contributed by atoms with Crippen molar-refractivity contribution in [2.24, 2.45) is 11.8 Å². The number of hydrogen-bond acceptors (Lipinski definition) is 20. The summed E-state index contributed by atoms with van der Waals surface area (Å²) >= 11 is 0. The first-order chi connectivity index (χ1) is 47.5. The van der Waals surface area contributed by atoms with Gasteiger partial charge in [-0.05, 0) is 85.7 Å². The first kappa shape index (κ1) is 89.4. The molecule has 102 heavy (non-hydrogen) atoms. The SMILES string of the molecule is CC(=O)C(CCC(=O)NCC(NC(=O)c1ccc([Si](F)(C(C)(C)C)C(C)(C)C)cc1)C(=O)NC(CCCCNC(=O)CCC(=O)CCCC[C@@H](NC(=O)CC[C@H](CC(=O)C[C@@H](CCC(=O)O)C(=O)O)C(=O)O)C(=O)O)C(=O)O)N1CCN(CC(=O)O)CCN(CC(=O)O)CCN(CC(=O)O)CC1. The van der Waals surface area contributed by atoms with Crippen molar-refractivity contribution < 1.29 is 122 Å². The topological polar surface area (TPSA) is 508 Å². The van der Waals surface area contributed by atoms with E-state index in [9.17, 15) is 112 Å². The summed E-state index contributed by atoms with van der Waals surface area (Å²) in [6, 6.07) is 0.214. The number of unbranched alkanes of at least 4 members (excludes halogenated alkanes) is 2. The Bertz CT molecular complexity index is 3040. The quantitative estimate of drug-likeness (QED) is 0.0250. The Morgan fingerprint density at radius 1 is 0.451 bits per heavy atom. The lowest BCUT2D eigenvalue weighted by molar-refractivity contribution is -0.146. The summed E-state index contributed by atoms with van der Waals surface area (Å²) in [6.07, 6.45) is -3.70. The molecule has 13 N–H and O–H groups in total. The van der Waals surface area contributed by atoms with Crippen LogP contribution in [0.15, 0.2) is 24.3 Å². The van der Waals surface area contributed by atoms with Gasteiger partial charge in [0.1, 0.15) is 35.5 Å². The van der Waals surface area contributed by atoms with Crippen LogP contribution < -0.4 is 31.8 Å². The van der Waals surface area contributed by atoms with E-state index >= 15 is 4.11 Å². The van der Waals surface area contributed by atoms with Gasteiger partial charge >= 0.3 is 47.8 Å². The predicted octanol–water partition coefficient (Wildman–Crippen LogP) is 1.57. The Balaban J connectivity index is 2.13. The van der Waals surface area contributed by atoms with Gasteiger partial charge in [0.05, 0.1) is 37.5 Å². The van der Waals surface area contributed by atoms with Crippen LogP contribution in [0.2, 0.25) is 10.1 Å². The second kappa shape index (κ2) is 44.0. The standard InChI is InChI=1S/C67H104FN9O24Si/c1-42(78)52(77-34-32-75(40-58(88)89)30-28-74(39-57(86)87)29-31-76(33-35-77)41-59(90)91)22-25-54(82)70-38-51(73-60(92)43-15-20-48(21-16-43)102(68,66(2,3)4)67(5,6)7)61(93)72-50(65(100)101)14-10-11-27-69-53(81)24-19-46(79)12-8-9-13-49(64(98)99)71-55(83)23-17-44(62(94)95)36-47(80)37-45(63(96)97)18-26-56(84)85/h15-16,20-21,44-45,49-52H,8-14,17-19,22-41H2,1-7H3,(H,69,81)(H,70,82)(H,71,83)(H,72,93)(H,73,92)(H,84,85)(H,86,87)(H,88,89)(H,90,91)(H,94,95)(H,96,97)(H,98,99)(H,100,101)/t44-,45-,49-,50?,51?,52?/m1/s1. The van der Waals surface area contributed by atoms with Gasteiger partial charge in [-0.15, -0.1) is 0 Å². The van der Waals surface area contributed by atoms with Crippen LogP contribution in [0, 0.1) is 11.8 Å².